The van der Waals surface area contributed by atoms with E-state index in [4.69, 9.17) is 4.74 Å². The molecule has 104 valence electrons. The van der Waals surface area contributed by atoms with Crippen molar-refractivity contribution >= 4 is 0 Å². The summed E-state index contributed by atoms with van der Waals surface area (Å²) in [6.45, 7) is 2.29. The highest BCUT2D eigenvalue weighted by molar-refractivity contribution is 5.39. The van der Waals surface area contributed by atoms with Crippen molar-refractivity contribution in [1.82, 2.24) is 5.32 Å². The lowest BCUT2D eigenvalue weighted by atomic mass is 9.87. The molecule has 0 heterocycles. The Hall–Kier alpha value is -1.02. The topological polar surface area (TPSA) is 21.3 Å². The number of methoxy groups -OCH3 is 1. The Morgan fingerprint density at radius 1 is 1.37 bits per heavy atom. The highest BCUT2D eigenvalue weighted by atomic mass is 16.5. The normalized spacial score (nSPS) is 28.8. The number of nitrogens with one attached hydrogen (secondary N) is 1. The van der Waals surface area contributed by atoms with Crippen LogP contribution in [0.1, 0.15) is 56.2 Å². The maximum Gasteiger partial charge on any atom is 0.119 e. The molecule has 3 atom stereocenters. The first-order valence-corrected chi connectivity index (χ1v) is 7.74. The van der Waals surface area contributed by atoms with Gasteiger partial charge in [-0.2, -0.15) is 0 Å². The van der Waals surface area contributed by atoms with Gasteiger partial charge in [0.1, 0.15) is 5.75 Å². The van der Waals surface area contributed by atoms with Crippen LogP contribution in [-0.4, -0.2) is 13.2 Å². The molecule has 19 heavy (non-hydrogen) atoms. The van der Waals surface area contributed by atoms with Gasteiger partial charge in [-0.1, -0.05) is 19.4 Å². The lowest BCUT2D eigenvalue weighted by Crippen LogP contribution is -2.28. The van der Waals surface area contributed by atoms with Crippen LogP contribution in [0.15, 0.2) is 18.2 Å². The molecule has 2 aliphatic carbocycles. The summed E-state index contributed by atoms with van der Waals surface area (Å²) in [5, 5.41) is 3.88. The fourth-order valence-corrected chi connectivity index (χ4v) is 3.49. The van der Waals surface area contributed by atoms with Crippen molar-refractivity contribution in [3.8, 4) is 5.75 Å². The van der Waals surface area contributed by atoms with Gasteiger partial charge in [0.15, 0.2) is 0 Å². The Morgan fingerprint density at radius 3 is 3.05 bits per heavy atom. The van der Waals surface area contributed by atoms with Gasteiger partial charge in [-0.05, 0) is 61.3 Å². The van der Waals surface area contributed by atoms with Gasteiger partial charge in [0.2, 0.25) is 0 Å². The van der Waals surface area contributed by atoms with Crippen molar-refractivity contribution in [2.75, 3.05) is 7.11 Å². The van der Waals surface area contributed by atoms with Gasteiger partial charge in [-0.15, -0.1) is 0 Å². The Kier molecular flexibility index (Phi) is 3.79. The predicted molar refractivity (Wildman–Crippen MR) is 78.6 cm³/mol. The van der Waals surface area contributed by atoms with Crippen LogP contribution in [0.25, 0.3) is 0 Å². The zero-order valence-corrected chi connectivity index (χ0v) is 12.1. The van der Waals surface area contributed by atoms with Gasteiger partial charge in [0.05, 0.1) is 7.11 Å². The maximum absolute atomic E-state index is 5.34. The lowest BCUT2D eigenvalue weighted by Gasteiger charge is -2.27. The van der Waals surface area contributed by atoms with Crippen LogP contribution in [0.2, 0.25) is 0 Å². The molecule has 0 aliphatic heterocycles. The van der Waals surface area contributed by atoms with E-state index < -0.39 is 0 Å². The number of benzene rings is 1. The van der Waals surface area contributed by atoms with E-state index in [0.29, 0.717) is 6.04 Å². The third kappa shape index (κ3) is 2.79. The number of fused-ring (bicyclic) bond motifs is 1. The first-order valence-electron chi connectivity index (χ1n) is 7.74. The van der Waals surface area contributed by atoms with E-state index in [-0.39, 0.29) is 0 Å². The second kappa shape index (κ2) is 5.54. The SMILES string of the molecule is CCCC1CC1NC1CCCc2cc(OC)ccc21. The van der Waals surface area contributed by atoms with Crippen LogP contribution in [0, 0.1) is 5.92 Å². The van der Waals surface area contributed by atoms with Gasteiger partial charge in [0.25, 0.3) is 0 Å². The van der Waals surface area contributed by atoms with Crippen LogP contribution in [0.5, 0.6) is 5.75 Å². The minimum atomic E-state index is 0.571. The van der Waals surface area contributed by atoms with Crippen molar-refractivity contribution in [3.63, 3.8) is 0 Å². The fourth-order valence-electron chi connectivity index (χ4n) is 3.49. The average Bonchev–Trinajstić information content (AvgIpc) is 3.17. The zero-order valence-electron chi connectivity index (χ0n) is 12.1. The molecule has 0 radical (unpaired) electrons. The standard InChI is InChI=1S/C17H25NO/c1-3-5-13-11-17(13)18-16-7-4-6-12-10-14(19-2)8-9-15(12)16/h8-10,13,16-18H,3-7,11H2,1-2H3. The summed E-state index contributed by atoms with van der Waals surface area (Å²) in [5.41, 5.74) is 2.99. The van der Waals surface area contributed by atoms with Gasteiger partial charge >= 0.3 is 0 Å². The van der Waals surface area contributed by atoms with Crippen molar-refractivity contribution in [3.05, 3.63) is 29.3 Å². The molecule has 2 nitrogen and oxygen atoms in total. The average molecular weight is 259 g/mol. The molecule has 3 rings (SSSR count). The minimum absolute atomic E-state index is 0.571. The van der Waals surface area contributed by atoms with E-state index in [2.05, 4.69) is 30.4 Å². The summed E-state index contributed by atoms with van der Waals surface area (Å²) in [7, 11) is 1.75. The molecule has 1 aromatic rings. The quantitative estimate of drug-likeness (QED) is 0.867. The molecule has 0 saturated heterocycles. The molecule has 2 heteroatoms. The molecular weight excluding hydrogens is 234 g/mol. The Morgan fingerprint density at radius 2 is 2.26 bits per heavy atom. The van der Waals surface area contributed by atoms with Gasteiger partial charge in [0, 0.05) is 12.1 Å². The number of rotatable bonds is 5. The van der Waals surface area contributed by atoms with E-state index in [0.717, 1.165) is 17.7 Å². The molecule has 0 amide bonds. The predicted octanol–water partition coefficient (Wildman–Crippen LogP) is 3.85. The summed E-state index contributed by atoms with van der Waals surface area (Å²) < 4.78 is 5.34. The van der Waals surface area contributed by atoms with Crippen molar-refractivity contribution < 1.29 is 4.74 Å². The first-order chi connectivity index (χ1) is 9.31. The van der Waals surface area contributed by atoms with Crippen molar-refractivity contribution in [1.29, 1.82) is 0 Å². The van der Waals surface area contributed by atoms with Gasteiger partial charge in [-0.25, -0.2) is 0 Å². The number of aryl methyl sites for hydroxylation is 1. The lowest BCUT2D eigenvalue weighted by molar-refractivity contribution is 0.409. The van der Waals surface area contributed by atoms with Gasteiger partial charge < -0.3 is 10.1 Å². The third-order valence-electron chi connectivity index (χ3n) is 4.66. The molecule has 1 saturated carbocycles. The Balaban J connectivity index is 1.69. The summed E-state index contributed by atoms with van der Waals surface area (Å²) in [6.07, 6.45) is 7.88. The smallest absolute Gasteiger partial charge is 0.119 e. The number of hydrogen-bond donors (Lipinski definition) is 1. The second-order valence-electron chi connectivity index (χ2n) is 6.07. The molecular formula is C17H25NO. The maximum atomic E-state index is 5.34. The molecule has 1 N–H and O–H groups in total. The molecule has 0 aromatic heterocycles. The highest BCUT2D eigenvalue weighted by Crippen LogP contribution is 2.39. The molecule has 3 unspecified atom stereocenters. The minimum Gasteiger partial charge on any atom is -0.497 e. The van der Waals surface area contributed by atoms with Crippen LogP contribution >= 0.6 is 0 Å². The molecule has 1 aromatic carbocycles. The monoisotopic (exact) mass is 259 g/mol. The Labute approximate surface area is 116 Å². The summed E-state index contributed by atoms with van der Waals surface area (Å²) >= 11 is 0. The summed E-state index contributed by atoms with van der Waals surface area (Å²) in [5.74, 6) is 1.93. The number of hydrogen-bond acceptors (Lipinski definition) is 2. The van der Waals surface area contributed by atoms with E-state index in [1.165, 1.54) is 49.7 Å². The van der Waals surface area contributed by atoms with E-state index in [9.17, 15) is 0 Å². The zero-order chi connectivity index (χ0) is 13.2. The second-order valence-corrected chi connectivity index (χ2v) is 6.07. The highest BCUT2D eigenvalue weighted by Gasteiger charge is 2.38. The number of ether oxygens (including phenoxy) is 1. The Bertz CT molecular complexity index is 443. The summed E-state index contributed by atoms with van der Waals surface area (Å²) in [6, 6.07) is 7.94. The van der Waals surface area contributed by atoms with Crippen LogP contribution in [0.4, 0.5) is 0 Å². The van der Waals surface area contributed by atoms with E-state index >= 15 is 0 Å². The van der Waals surface area contributed by atoms with Crippen LogP contribution < -0.4 is 10.1 Å². The summed E-state index contributed by atoms with van der Waals surface area (Å²) in [4.78, 5) is 0. The van der Waals surface area contributed by atoms with Gasteiger partial charge in [-0.3, -0.25) is 0 Å². The third-order valence-corrected chi connectivity index (χ3v) is 4.66. The molecule has 1 fully saturated rings. The van der Waals surface area contributed by atoms with Crippen molar-refractivity contribution in [2.45, 2.75) is 57.5 Å². The van der Waals surface area contributed by atoms with E-state index in [1.807, 2.05) is 0 Å². The molecule has 2 aliphatic rings. The largest absolute Gasteiger partial charge is 0.497 e. The van der Waals surface area contributed by atoms with Crippen LogP contribution in [0.3, 0.4) is 0 Å². The van der Waals surface area contributed by atoms with E-state index in [1.54, 1.807) is 7.11 Å². The van der Waals surface area contributed by atoms with Crippen LogP contribution in [-0.2, 0) is 6.42 Å². The first kappa shape index (κ1) is 13.0. The van der Waals surface area contributed by atoms with Crippen molar-refractivity contribution in [2.24, 2.45) is 5.92 Å². The fraction of sp³-hybridized carbons (Fsp3) is 0.647. The molecule has 0 spiro atoms. The molecule has 0 bridgehead atoms.